The fraction of sp³-hybridized carbons (Fsp3) is 0.182. The van der Waals surface area contributed by atoms with Crippen molar-refractivity contribution in [3.05, 3.63) is 40.7 Å². The first kappa shape index (κ1) is 10.9. The van der Waals surface area contributed by atoms with Crippen molar-refractivity contribution >= 4 is 16.5 Å². The second-order valence-corrected chi connectivity index (χ2v) is 4.27. The lowest BCUT2D eigenvalue weighted by atomic mass is 10.2. The van der Waals surface area contributed by atoms with Crippen molar-refractivity contribution in [3.63, 3.8) is 0 Å². The number of anilines is 1. The maximum atomic E-state index is 13.0. The van der Waals surface area contributed by atoms with E-state index in [1.165, 1.54) is 23.5 Å². The highest BCUT2D eigenvalue weighted by Crippen LogP contribution is 2.20. The van der Waals surface area contributed by atoms with Gasteiger partial charge in [0, 0.05) is 11.4 Å². The van der Waals surface area contributed by atoms with Gasteiger partial charge in [-0.1, -0.05) is 6.07 Å². The fourth-order valence-corrected chi connectivity index (χ4v) is 1.82. The molecule has 2 N–H and O–H groups in total. The van der Waals surface area contributed by atoms with Crippen molar-refractivity contribution in [2.45, 2.75) is 13.5 Å². The van der Waals surface area contributed by atoms with E-state index in [0.717, 1.165) is 11.3 Å². The minimum atomic E-state index is -0.307. The third kappa shape index (κ3) is 2.49. The van der Waals surface area contributed by atoms with Crippen molar-refractivity contribution in [3.8, 4) is 5.75 Å². The number of nitrogens with zero attached hydrogens (tertiary/aromatic N) is 1. The zero-order valence-corrected chi connectivity index (χ0v) is 9.55. The monoisotopic (exact) mass is 238 g/mol. The van der Waals surface area contributed by atoms with Crippen LogP contribution in [0.4, 0.5) is 9.52 Å². The number of hydrogen-bond donors (Lipinski definition) is 1. The minimum Gasteiger partial charge on any atom is -0.487 e. The molecule has 1 aromatic carbocycles. The molecule has 16 heavy (non-hydrogen) atoms. The van der Waals surface area contributed by atoms with E-state index in [1.54, 1.807) is 6.07 Å². The highest BCUT2D eigenvalue weighted by atomic mass is 32.1. The average Bonchev–Trinajstić information content (AvgIpc) is 2.66. The first-order valence-electron chi connectivity index (χ1n) is 4.74. The summed E-state index contributed by atoms with van der Waals surface area (Å²) >= 11 is 1.36. The zero-order chi connectivity index (χ0) is 11.5. The Kier molecular flexibility index (Phi) is 3.05. The maximum absolute atomic E-state index is 13.0. The molecule has 0 fully saturated rings. The zero-order valence-electron chi connectivity index (χ0n) is 8.74. The highest BCUT2D eigenvalue weighted by Gasteiger charge is 2.04. The molecule has 0 amide bonds. The van der Waals surface area contributed by atoms with E-state index in [4.69, 9.17) is 10.5 Å². The second kappa shape index (κ2) is 4.49. The quantitative estimate of drug-likeness (QED) is 0.894. The minimum absolute atomic E-state index is 0.304. The molecule has 0 spiro atoms. The largest absolute Gasteiger partial charge is 0.487 e. The van der Waals surface area contributed by atoms with Gasteiger partial charge in [-0.15, -0.1) is 11.3 Å². The number of rotatable bonds is 3. The van der Waals surface area contributed by atoms with Gasteiger partial charge in [0.15, 0.2) is 5.13 Å². The number of thiazole rings is 1. The summed E-state index contributed by atoms with van der Waals surface area (Å²) in [6.45, 7) is 2.17. The molecule has 0 radical (unpaired) electrons. The van der Waals surface area contributed by atoms with Gasteiger partial charge in [-0.3, -0.25) is 0 Å². The predicted molar refractivity (Wildman–Crippen MR) is 62.0 cm³/mol. The van der Waals surface area contributed by atoms with Crippen LogP contribution in [0.1, 0.15) is 11.3 Å². The Bertz CT molecular complexity index is 498. The van der Waals surface area contributed by atoms with Crippen molar-refractivity contribution in [2.75, 3.05) is 5.73 Å². The van der Waals surface area contributed by atoms with Gasteiger partial charge in [-0.2, -0.15) is 0 Å². The molecular weight excluding hydrogens is 227 g/mol. The molecule has 0 aliphatic rings. The molecule has 84 valence electrons. The molecule has 1 heterocycles. The van der Waals surface area contributed by atoms with Gasteiger partial charge in [0.25, 0.3) is 0 Å². The van der Waals surface area contributed by atoms with Crippen molar-refractivity contribution in [1.82, 2.24) is 4.98 Å². The predicted octanol–water partition coefficient (Wildman–Crippen LogP) is 2.75. The van der Waals surface area contributed by atoms with Gasteiger partial charge < -0.3 is 10.5 Å². The van der Waals surface area contributed by atoms with Crippen LogP contribution in [0.15, 0.2) is 23.6 Å². The number of hydrogen-bond acceptors (Lipinski definition) is 4. The lowest BCUT2D eigenvalue weighted by Crippen LogP contribution is -1.98. The van der Waals surface area contributed by atoms with Gasteiger partial charge in [0.2, 0.25) is 0 Å². The van der Waals surface area contributed by atoms with Gasteiger partial charge in [0.1, 0.15) is 18.2 Å². The summed E-state index contributed by atoms with van der Waals surface area (Å²) in [6, 6.07) is 4.45. The topological polar surface area (TPSA) is 48.1 Å². The van der Waals surface area contributed by atoms with E-state index in [-0.39, 0.29) is 5.82 Å². The van der Waals surface area contributed by atoms with Gasteiger partial charge in [-0.05, 0) is 18.6 Å². The number of nitrogen functional groups attached to an aromatic ring is 1. The lowest BCUT2D eigenvalue weighted by molar-refractivity contribution is 0.298. The van der Waals surface area contributed by atoms with E-state index in [0.29, 0.717) is 17.5 Å². The average molecular weight is 238 g/mol. The summed E-state index contributed by atoms with van der Waals surface area (Å²) in [5.74, 6) is 0.227. The van der Waals surface area contributed by atoms with Crippen LogP contribution in [0.3, 0.4) is 0 Å². The molecule has 2 aromatic rings. The Morgan fingerprint density at radius 2 is 2.31 bits per heavy atom. The van der Waals surface area contributed by atoms with E-state index >= 15 is 0 Å². The summed E-state index contributed by atoms with van der Waals surface area (Å²) in [7, 11) is 0. The Labute approximate surface area is 96.7 Å². The van der Waals surface area contributed by atoms with Crippen LogP contribution in [0, 0.1) is 12.7 Å². The van der Waals surface area contributed by atoms with Crippen LogP contribution < -0.4 is 10.5 Å². The second-order valence-electron chi connectivity index (χ2n) is 3.38. The number of aromatic nitrogens is 1. The molecule has 0 saturated carbocycles. The van der Waals surface area contributed by atoms with Crippen LogP contribution in [0.5, 0.6) is 5.75 Å². The Morgan fingerprint density at radius 3 is 3.00 bits per heavy atom. The standard InChI is InChI=1S/C11H11FN2OS/c1-7-2-3-8(12)4-10(7)15-5-9-6-16-11(13)14-9/h2-4,6H,5H2,1H3,(H2,13,14). The third-order valence-corrected chi connectivity index (χ3v) is 2.82. The van der Waals surface area contributed by atoms with Crippen LogP contribution in [-0.2, 0) is 6.61 Å². The van der Waals surface area contributed by atoms with Crippen LogP contribution in [0.25, 0.3) is 0 Å². The summed E-state index contributed by atoms with van der Waals surface area (Å²) in [6.07, 6.45) is 0. The van der Waals surface area contributed by atoms with Gasteiger partial charge in [0.05, 0.1) is 5.69 Å². The fourth-order valence-electron chi connectivity index (χ4n) is 1.27. The summed E-state index contributed by atoms with van der Waals surface area (Å²) < 4.78 is 18.4. The summed E-state index contributed by atoms with van der Waals surface area (Å²) in [5.41, 5.74) is 7.14. The molecule has 2 rings (SSSR count). The summed E-state index contributed by atoms with van der Waals surface area (Å²) in [5, 5.41) is 2.33. The van der Waals surface area contributed by atoms with E-state index in [2.05, 4.69) is 4.98 Å². The molecular formula is C11H11FN2OS. The lowest BCUT2D eigenvalue weighted by Gasteiger charge is -2.07. The van der Waals surface area contributed by atoms with Gasteiger partial charge in [-0.25, -0.2) is 9.37 Å². The molecule has 1 aromatic heterocycles. The maximum Gasteiger partial charge on any atom is 0.180 e. The van der Waals surface area contributed by atoms with Crippen molar-refractivity contribution < 1.29 is 9.13 Å². The SMILES string of the molecule is Cc1ccc(F)cc1OCc1csc(N)n1. The van der Waals surface area contributed by atoms with Gasteiger partial charge >= 0.3 is 0 Å². The van der Waals surface area contributed by atoms with Crippen LogP contribution in [0.2, 0.25) is 0 Å². The van der Waals surface area contributed by atoms with E-state index in [1.807, 2.05) is 12.3 Å². The highest BCUT2D eigenvalue weighted by molar-refractivity contribution is 7.13. The number of ether oxygens (including phenoxy) is 1. The smallest absolute Gasteiger partial charge is 0.180 e. The van der Waals surface area contributed by atoms with Crippen molar-refractivity contribution in [2.24, 2.45) is 0 Å². The normalized spacial score (nSPS) is 10.4. The Balaban J connectivity index is 2.07. The first-order chi connectivity index (χ1) is 7.65. The van der Waals surface area contributed by atoms with Crippen LogP contribution in [-0.4, -0.2) is 4.98 Å². The van der Waals surface area contributed by atoms with Crippen molar-refractivity contribution in [1.29, 1.82) is 0 Å². The number of nitrogens with two attached hydrogens (primary N) is 1. The Hall–Kier alpha value is -1.62. The third-order valence-electron chi connectivity index (χ3n) is 2.10. The molecule has 0 bridgehead atoms. The number of halogens is 1. The number of benzene rings is 1. The molecule has 5 heteroatoms. The molecule has 0 aliphatic carbocycles. The first-order valence-corrected chi connectivity index (χ1v) is 5.62. The Morgan fingerprint density at radius 1 is 1.50 bits per heavy atom. The molecule has 0 aliphatic heterocycles. The summed E-state index contributed by atoms with van der Waals surface area (Å²) in [4.78, 5) is 4.06. The van der Waals surface area contributed by atoms with E-state index < -0.39 is 0 Å². The molecule has 0 atom stereocenters. The van der Waals surface area contributed by atoms with Crippen LogP contribution >= 0.6 is 11.3 Å². The molecule has 3 nitrogen and oxygen atoms in total. The number of aryl methyl sites for hydroxylation is 1. The van der Waals surface area contributed by atoms with E-state index in [9.17, 15) is 4.39 Å². The molecule has 0 saturated heterocycles. The molecule has 0 unspecified atom stereocenters.